The normalized spacial score (nSPS) is 11.2. The number of thiophene rings is 1. The first-order valence-corrected chi connectivity index (χ1v) is 12.3. The van der Waals surface area contributed by atoms with Crippen LogP contribution in [0.5, 0.6) is 0 Å². The summed E-state index contributed by atoms with van der Waals surface area (Å²) >= 11 is 25.4. The Kier molecular flexibility index (Phi) is 6.22. The predicted molar refractivity (Wildman–Crippen MR) is 145 cm³/mol. The van der Waals surface area contributed by atoms with E-state index in [0.717, 1.165) is 21.2 Å². The molecule has 0 aliphatic heterocycles. The number of aryl methyl sites for hydroxylation is 1. The summed E-state index contributed by atoms with van der Waals surface area (Å²) in [6.07, 6.45) is 0. The fraction of sp³-hybridized carbons (Fsp3) is 0.0417. The average molecular weight is 547 g/mol. The highest BCUT2D eigenvalue weighted by Gasteiger charge is 2.19. The van der Waals surface area contributed by atoms with Crippen molar-refractivity contribution >= 4 is 96.3 Å². The fourth-order valence-corrected chi connectivity index (χ4v) is 5.47. The van der Waals surface area contributed by atoms with Crippen molar-refractivity contribution in [2.24, 2.45) is 0 Å². The summed E-state index contributed by atoms with van der Waals surface area (Å²) in [4.78, 5) is 17.7. The fourth-order valence-electron chi connectivity index (χ4n) is 3.41. The smallest absolute Gasteiger partial charge is 0.269 e. The molecule has 0 bridgehead atoms. The van der Waals surface area contributed by atoms with Crippen LogP contribution in [0.3, 0.4) is 0 Å². The molecule has 0 aliphatic rings. The molecule has 0 saturated carbocycles. The van der Waals surface area contributed by atoms with E-state index in [4.69, 9.17) is 51.4 Å². The molecule has 0 aliphatic carbocycles. The summed E-state index contributed by atoms with van der Waals surface area (Å²) < 4.78 is 6.69. The topological polar surface area (TPSA) is 67.2 Å². The van der Waals surface area contributed by atoms with Gasteiger partial charge >= 0.3 is 0 Å². The number of oxazole rings is 1. The van der Waals surface area contributed by atoms with Crippen LogP contribution < -0.4 is 10.6 Å². The number of carbonyl (C=O) groups excluding carboxylic acids is 1. The van der Waals surface area contributed by atoms with Gasteiger partial charge in [0.25, 0.3) is 5.91 Å². The second-order valence-corrected chi connectivity index (χ2v) is 10.2. The van der Waals surface area contributed by atoms with E-state index in [1.165, 1.54) is 11.3 Å². The van der Waals surface area contributed by atoms with Crippen LogP contribution in [0.4, 0.5) is 5.69 Å². The van der Waals surface area contributed by atoms with Gasteiger partial charge in [0.1, 0.15) is 10.4 Å². The number of anilines is 1. The molecule has 2 heterocycles. The van der Waals surface area contributed by atoms with Crippen molar-refractivity contribution in [1.29, 1.82) is 0 Å². The van der Waals surface area contributed by atoms with Gasteiger partial charge in [-0.05, 0) is 67.2 Å². The van der Waals surface area contributed by atoms with Gasteiger partial charge in [-0.2, -0.15) is 0 Å². The molecule has 0 unspecified atom stereocenters. The van der Waals surface area contributed by atoms with Crippen molar-refractivity contribution < 1.29 is 9.21 Å². The van der Waals surface area contributed by atoms with Crippen molar-refractivity contribution in [1.82, 2.24) is 10.3 Å². The molecule has 5 rings (SSSR count). The molecule has 10 heteroatoms. The van der Waals surface area contributed by atoms with Gasteiger partial charge in [-0.15, -0.1) is 11.3 Å². The van der Waals surface area contributed by atoms with E-state index >= 15 is 0 Å². The van der Waals surface area contributed by atoms with E-state index in [0.29, 0.717) is 42.7 Å². The van der Waals surface area contributed by atoms with Crippen LogP contribution >= 0.6 is 58.4 Å². The van der Waals surface area contributed by atoms with Crippen molar-refractivity contribution in [3.8, 4) is 11.5 Å². The third-order valence-corrected chi connectivity index (χ3v) is 7.45. The number of fused-ring (bicyclic) bond motifs is 2. The van der Waals surface area contributed by atoms with E-state index in [9.17, 15) is 4.79 Å². The van der Waals surface area contributed by atoms with Gasteiger partial charge in [0.05, 0.1) is 15.7 Å². The molecule has 5 nitrogen and oxygen atoms in total. The highest BCUT2D eigenvalue weighted by atomic mass is 35.5. The number of aromatic nitrogens is 1. The first-order valence-electron chi connectivity index (χ1n) is 9.95. The number of hydrogen-bond acceptors (Lipinski definition) is 5. The van der Waals surface area contributed by atoms with Gasteiger partial charge in [-0.3, -0.25) is 10.1 Å². The number of rotatable bonds is 3. The molecule has 170 valence electrons. The van der Waals surface area contributed by atoms with Gasteiger partial charge < -0.3 is 9.73 Å². The van der Waals surface area contributed by atoms with Crippen LogP contribution in [0.2, 0.25) is 15.1 Å². The Labute approximate surface area is 218 Å². The summed E-state index contributed by atoms with van der Waals surface area (Å²) in [5.74, 6) is 0.0207. The molecular formula is C24H14Cl3N3O2S2. The Morgan fingerprint density at radius 2 is 1.88 bits per heavy atom. The third-order valence-electron chi connectivity index (χ3n) is 5.03. The first kappa shape index (κ1) is 23.1. The van der Waals surface area contributed by atoms with Crippen molar-refractivity contribution in [2.45, 2.75) is 6.92 Å². The largest absolute Gasteiger partial charge is 0.436 e. The maximum absolute atomic E-state index is 12.8. The quantitative estimate of drug-likeness (QED) is 0.224. The van der Waals surface area contributed by atoms with Crippen molar-refractivity contribution in [3.63, 3.8) is 0 Å². The molecule has 1 amide bonds. The average Bonchev–Trinajstić information content (AvgIpc) is 3.35. The lowest BCUT2D eigenvalue weighted by molar-refractivity contribution is 0.0982. The van der Waals surface area contributed by atoms with Crippen LogP contribution in [0.25, 0.3) is 32.6 Å². The van der Waals surface area contributed by atoms with Gasteiger partial charge in [-0.1, -0.05) is 46.9 Å². The number of thiocarbonyl (C=S) groups is 1. The summed E-state index contributed by atoms with van der Waals surface area (Å²) in [6, 6.07) is 16.3. The van der Waals surface area contributed by atoms with E-state index < -0.39 is 5.91 Å². The number of nitrogens with one attached hydrogen (secondary N) is 2. The molecule has 34 heavy (non-hydrogen) atoms. The van der Waals surface area contributed by atoms with Crippen LogP contribution in [0.1, 0.15) is 15.2 Å². The minimum atomic E-state index is -0.429. The highest BCUT2D eigenvalue weighted by molar-refractivity contribution is 7.80. The maximum atomic E-state index is 12.8. The third kappa shape index (κ3) is 4.50. The summed E-state index contributed by atoms with van der Waals surface area (Å²) in [5.41, 5.74) is 3.75. The Hall–Kier alpha value is -2.68. The Balaban J connectivity index is 1.36. The highest BCUT2D eigenvalue weighted by Crippen LogP contribution is 2.37. The molecule has 0 saturated heterocycles. The molecule has 0 radical (unpaired) electrons. The molecule has 0 spiro atoms. The lowest BCUT2D eigenvalue weighted by Crippen LogP contribution is -2.33. The lowest BCUT2D eigenvalue weighted by Gasteiger charge is -2.11. The molecule has 3 aromatic carbocycles. The Bertz CT molecular complexity index is 1610. The zero-order valence-corrected chi connectivity index (χ0v) is 21.3. The summed E-state index contributed by atoms with van der Waals surface area (Å²) in [5, 5.41) is 7.78. The number of nitrogens with zero attached hydrogens (tertiary/aromatic N) is 1. The standard InChI is InChI=1S/C24H14Cl3N3O2S2/c1-11-2-7-18-17(8-11)28-23(32-18)12-3-6-15(26)16(9-12)29-24(33)30-22(31)21-20(27)14-5-4-13(25)10-19(14)34-21/h2-10H,1H3,(H2,29,30,31,33). The minimum absolute atomic E-state index is 0.0730. The molecule has 2 aromatic heterocycles. The number of benzene rings is 3. The molecular weight excluding hydrogens is 533 g/mol. The van der Waals surface area contributed by atoms with Gasteiger partial charge in [0.15, 0.2) is 10.7 Å². The van der Waals surface area contributed by atoms with E-state index in [1.54, 1.807) is 36.4 Å². The SMILES string of the molecule is Cc1ccc2oc(-c3ccc(Cl)c(NC(=S)NC(=O)c4sc5cc(Cl)ccc5c4Cl)c3)nc2c1. The Morgan fingerprint density at radius 3 is 2.71 bits per heavy atom. The molecule has 5 aromatic rings. The maximum Gasteiger partial charge on any atom is 0.269 e. The second-order valence-electron chi connectivity index (χ2n) is 7.48. The number of hydrogen-bond donors (Lipinski definition) is 2. The zero-order valence-electron chi connectivity index (χ0n) is 17.4. The van der Waals surface area contributed by atoms with Crippen LogP contribution in [0, 0.1) is 6.92 Å². The van der Waals surface area contributed by atoms with Crippen LogP contribution in [-0.2, 0) is 0 Å². The lowest BCUT2D eigenvalue weighted by atomic mass is 10.2. The van der Waals surface area contributed by atoms with Gasteiger partial charge in [0.2, 0.25) is 5.89 Å². The number of amides is 1. The predicted octanol–water partition coefficient (Wildman–Crippen LogP) is 8.10. The van der Waals surface area contributed by atoms with Crippen LogP contribution in [-0.4, -0.2) is 16.0 Å². The first-order chi connectivity index (χ1) is 16.3. The monoisotopic (exact) mass is 545 g/mol. The minimum Gasteiger partial charge on any atom is -0.436 e. The van der Waals surface area contributed by atoms with Crippen LogP contribution in [0.15, 0.2) is 59.0 Å². The number of halogens is 3. The summed E-state index contributed by atoms with van der Waals surface area (Å²) in [7, 11) is 0. The molecule has 0 atom stereocenters. The van der Waals surface area contributed by atoms with Gasteiger partial charge in [-0.25, -0.2) is 4.98 Å². The van der Waals surface area contributed by atoms with E-state index in [1.807, 2.05) is 25.1 Å². The van der Waals surface area contributed by atoms with E-state index in [2.05, 4.69) is 15.6 Å². The van der Waals surface area contributed by atoms with E-state index in [-0.39, 0.29) is 5.11 Å². The molecule has 2 N–H and O–H groups in total. The van der Waals surface area contributed by atoms with Crippen molar-refractivity contribution in [3.05, 3.63) is 80.1 Å². The van der Waals surface area contributed by atoms with Gasteiger partial charge in [0, 0.05) is 20.7 Å². The number of carbonyl (C=O) groups is 1. The Morgan fingerprint density at radius 1 is 1.06 bits per heavy atom. The zero-order chi connectivity index (χ0) is 24.0. The van der Waals surface area contributed by atoms with Crippen molar-refractivity contribution in [2.75, 3.05) is 5.32 Å². The second kappa shape index (κ2) is 9.17. The summed E-state index contributed by atoms with van der Waals surface area (Å²) in [6.45, 7) is 1.99. The molecule has 0 fully saturated rings.